The van der Waals surface area contributed by atoms with Gasteiger partial charge in [-0.3, -0.25) is 4.72 Å². The first kappa shape index (κ1) is 12.3. The second-order valence-electron chi connectivity index (χ2n) is 3.15. The first-order valence-electron chi connectivity index (χ1n) is 4.33. The lowest BCUT2D eigenvalue weighted by molar-refractivity contribution is 0.597. The molecule has 5 nitrogen and oxygen atoms in total. The van der Waals surface area contributed by atoms with Gasteiger partial charge in [0.1, 0.15) is 5.82 Å². The molecule has 1 rings (SSSR count). The summed E-state index contributed by atoms with van der Waals surface area (Å²) >= 11 is 0. The molecule has 1 atom stereocenters. The van der Waals surface area contributed by atoms with E-state index in [0.717, 1.165) is 12.1 Å². The van der Waals surface area contributed by atoms with Crippen molar-refractivity contribution >= 4 is 21.4 Å². The lowest BCUT2D eigenvalue weighted by atomic mass is 10.3. The summed E-state index contributed by atoms with van der Waals surface area (Å²) < 4.78 is 37.9. The normalized spacial score (nSPS) is 12.8. The van der Waals surface area contributed by atoms with Crippen LogP contribution in [0.4, 0.5) is 15.8 Å². The molecule has 86 valence electrons. The van der Waals surface area contributed by atoms with Crippen LogP contribution in [0.1, 0.15) is 6.92 Å². The van der Waals surface area contributed by atoms with Gasteiger partial charge in [-0.05, 0) is 19.1 Å². The molecule has 0 spiro atoms. The van der Waals surface area contributed by atoms with E-state index in [-0.39, 0.29) is 11.4 Å². The number of hydrogen-bond acceptors (Lipinski definition) is 4. The predicted octanol–water partition coefficient (Wildman–Crippen LogP) is 1.06. The number of nitrogens with one attached hydrogen (secondary N) is 1. The van der Waals surface area contributed by atoms with Gasteiger partial charge in [0.2, 0.25) is 10.0 Å². The highest BCUT2D eigenvalue weighted by Crippen LogP contribution is 2.21. The summed E-state index contributed by atoms with van der Waals surface area (Å²) in [4.78, 5) is 0. The highest BCUT2D eigenvalue weighted by Gasteiger charge is 2.20. The van der Waals surface area contributed by atoms with Crippen molar-refractivity contribution in [3.63, 3.8) is 0 Å². The van der Waals surface area contributed by atoms with Crippen LogP contribution in [0.3, 0.4) is 0 Å². The lowest BCUT2D eigenvalue weighted by Gasteiger charge is -2.11. The third kappa shape index (κ3) is 2.61. The van der Waals surface area contributed by atoms with Crippen molar-refractivity contribution in [1.82, 2.24) is 0 Å². The van der Waals surface area contributed by atoms with Crippen LogP contribution in [-0.2, 0) is 10.0 Å². The highest BCUT2D eigenvalue weighted by atomic mass is 32.2. The van der Waals surface area contributed by atoms with E-state index in [1.54, 1.807) is 6.07 Å². The molecule has 3 N–H and O–H groups in total. The van der Waals surface area contributed by atoms with E-state index in [1.165, 1.54) is 13.0 Å². The van der Waals surface area contributed by atoms with Crippen molar-refractivity contribution in [2.75, 3.05) is 10.5 Å². The first-order chi connectivity index (χ1) is 7.36. The molecular formula is C9H10FN3O2S. The number of benzene rings is 1. The number of nitrogens with two attached hydrogens (primary N) is 1. The molecule has 0 radical (unpaired) electrons. The number of anilines is 2. The zero-order chi connectivity index (χ0) is 12.3. The third-order valence-electron chi connectivity index (χ3n) is 1.91. The highest BCUT2D eigenvalue weighted by molar-refractivity contribution is 7.93. The van der Waals surface area contributed by atoms with Crippen LogP contribution in [0.25, 0.3) is 0 Å². The standard InChI is InChI=1S/C9H10FN3O2S/c1-6(5-11)16(14,15)13-9-4-7(10)2-3-8(9)12/h2-4,6,13H,12H2,1H3. The minimum Gasteiger partial charge on any atom is -0.397 e. The Morgan fingerprint density at radius 1 is 1.56 bits per heavy atom. The second kappa shape index (κ2) is 4.37. The number of nitriles is 1. The zero-order valence-corrected chi connectivity index (χ0v) is 9.25. The summed E-state index contributed by atoms with van der Waals surface area (Å²) in [6, 6.07) is 4.88. The maximum atomic E-state index is 12.8. The van der Waals surface area contributed by atoms with Crippen molar-refractivity contribution in [2.24, 2.45) is 0 Å². The molecule has 0 fully saturated rings. The molecule has 16 heavy (non-hydrogen) atoms. The number of hydrogen-bond donors (Lipinski definition) is 2. The molecule has 7 heteroatoms. The summed E-state index contributed by atoms with van der Waals surface area (Å²) in [6.07, 6.45) is 0. The van der Waals surface area contributed by atoms with Crippen molar-refractivity contribution in [1.29, 1.82) is 5.26 Å². The van der Waals surface area contributed by atoms with E-state index < -0.39 is 21.1 Å². The monoisotopic (exact) mass is 243 g/mol. The molecule has 0 aliphatic carbocycles. The Bertz CT molecular complexity index is 536. The molecule has 0 heterocycles. The Kier molecular flexibility index (Phi) is 3.34. The van der Waals surface area contributed by atoms with Crippen LogP contribution < -0.4 is 10.5 Å². The third-order valence-corrected chi connectivity index (χ3v) is 3.46. The Hall–Kier alpha value is -1.81. The average Bonchev–Trinajstić information content (AvgIpc) is 2.22. The smallest absolute Gasteiger partial charge is 0.248 e. The van der Waals surface area contributed by atoms with Gasteiger partial charge in [-0.25, -0.2) is 12.8 Å². The summed E-state index contributed by atoms with van der Waals surface area (Å²) in [5.74, 6) is -0.614. The Labute approximate surface area is 92.7 Å². The molecule has 0 bridgehead atoms. The van der Waals surface area contributed by atoms with Crippen molar-refractivity contribution in [2.45, 2.75) is 12.2 Å². The van der Waals surface area contributed by atoms with Crippen LogP contribution >= 0.6 is 0 Å². The molecular weight excluding hydrogens is 233 g/mol. The SMILES string of the molecule is CC(C#N)S(=O)(=O)Nc1cc(F)ccc1N. The minimum atomic E-state index is -3.86. The fourth-order valence-corrected chi connectivity index (χ4v) is 1.73. The predicted molar refractivity (Wildman–Crippen MR) is 58.4 cm³/mol. The first-order valence-corrected chi connectivity index (χ1v) is 5.87. The van der Waals surface area contributed by atoms with Crippen molar-refractivity contribution < 1.29 is 12.8 Å². The average molecular weight is 243 g/mol. The number of nitrogen functional groups attached to an aromatic ring is 1. The maximum Gasteiger partial charge on any atom is 0.248 e. The van der Waals surface area contributed by atoms with Gasteiger partial charge in [0.25, 0.3) is 0 Å². The Balaban J connectivity index is 3.07. The van der Waals surface area contributed by atoms with E-state index >= 15 is 0 Å². The molecule has 1 unspecified atom stereocenters. The van der Waals surface area contributed by atoms with Gasteiger partial charge in [0.05, 0.1) is 17.4 Å². The van der Waals surface area contributed by atoms with Gasteiger partial charge in [0.15, 0.2) is 5.25 Å². The molecule has 0 aliphatic heterocycles. The van der Waals surface area contributed by atoms with Crippen LogP contribution in [-0.4, -0.2) is 13.7 Å². The molecule has 1 aromatic carbocycles. The lowest BCUT2D eigenvalue weighted by Crippen LogP contribution is -2.24. The Morgan fingerprint density at radius 2 is 2.19 bits per heavy atom. The number of halogens is 1. The summed E-state index contributed by atoms with van der Waals surface area (Å²) in [7, 11) is -3.86. The Morgan fingerprint density at radius 3 is 2.75 bits per heavy atom. The summed E-state index contributed by atoms with van der Waals surface area (Å²) in [5, 5.41) is 7.26. The van der Waals surface area contributed by atoms with Gasteiger partial charge in [0, 0.05) is 6.07 Å². The quantitative estimate of drug-likeness (QED) is 0.776. The summed E-state index contributed by atoms with van der Waals surface area (Å²) in [6.45, 7) is 1.22. The minimum absolute atomic E-state index is 0.0675. The van der Waals surface area contributed by atoms with E-state index in [9.17, 15) is 12.8 Å². The topological polar surface area (TPSA) is 96.0 Å². The van der Waals surface area contributed by atoms with Gasteiger partial charge in [-0.1, -0.05) is 0 Å². The molecule has 0 aliphatic rings. The van der Waals surface area contributed by atoms with Gasteiger partial charge in [-0.15, -0.1) is 0 Å². The van der Waals surface area contributed by atoms with E-state index in [0.29, 0.717) is 0 Å². The van der Waals surface area contributed by atoms with Crippen LogP contribution in [0.2, 0.25) is 0 Å². The van der Waals surface area contributed by atoms with Crippen LogP contribution in [0.5, 0.6) is 0 Å². The molecule has 0 saturated heterocycles. The number of nitrogens with zero attached hydrogens (tertiary/aromatic N) is 1. The second-order valence-corrected chi connectivity index (χ2v) is 5.15. The van der Waals surface area contributed by atoms with E-state index in [4.69, 9.17) is 11.0 Å². The van der Waals surface area contributed by atoms with Crippen LogP contribution in [0, 0.1) is 17.1 Å². The number of rotatable bonds is 3. The number of sulfonamides is 1. The molecule has 0 saturated carbocycles. The molecule has 0 aromatic heterocycles. The van der Waals surface area contributed by atoms with Crippen LogP contribution in [0.15, 0.2) is 18.2 Å². The van der Waals surface area contributed by atoms with Crippen molar-refractivity contribution in [3.8, 4) is 6.07 Å². The summed E-state index contributed by atoms with van der Waals surface area (Å²) in [5.41, 5.74) is 5.49. The van der Waals surface area contributed by atoms with E-state index in [2.05, 4.69) is 4.72 Å². The van der Waals surface area contributed by atoms with Gasteiger partial charge >= 0.3 is 0 Å². The van der Waals surface area contributed by atoms with Crippen molar-refractivity contribution in [3.05, 3.63) is 24.0 Å². The van der Waals surface area contributed by atoms with E-state index in [1.807, 2.05) is 0 Å². The zero-order valence-electron chi connectivity index (χ0n) is 8.44. The van der Waals surface area contributed by atoms with Gasteiger partial charge < -0.3 is 5.73 Å². The maximum absolute atomic E-state index is 12.8. The van der Waals surface area contributed by atoms with Gasteiger partial charge in [-0.2, -0.15) is 5.26 Å². The largest absolute Gasteiger partial charge is 0.397 e. The molecule has 1 aromatic rings. The fraction of sp³-hybridized carbons (Fsp3) is 0.222. The molecule has 0 amide bonds. The fourth-order valence-electron chi connectivity index (χ4n) is 0.928.